The van der Waals surface area contributed by atoms with E-state index in [1.807, 2.05) is 22.9 Å². The molecule has 0 bridgehead atoms. The number of nitrogens with one attached hydrogen (secondary N) is 2. The van der Waals surface area contributed by atoms with Crippen LogP contribution in [0.4, 0.5) is 0 Å². The fourth-order valence-electron chi connectivity index (χ4n) is 1.73. The van der Waals surface area contributed by atoms with E-state index in [0.29, 0.717) is 6.42 Å². The zero-order valence-electron chi connectivity index (χ0n) is 8.77. The molecule has 17 heavy (non-hydrogen) atoms. The summed E-state index contributed by atoms with van der Waals surface area (Å²) in [6.07, 6.45) is 2.13. The predicted molar refractivity (Wildman–Crippen MR) is 72.2 cm³/mol. The number of aromatic nitrogens is 1. The number of carbonyl (C=O) groups is 1. The highest BCUT2D eigenvalue weighted by molar-refractivity contribution is 14.1. The number of rotatable bonds is 4. The quantitative estimate of drug-likeness (QED) is 0.503. The standard InChI is InChI=1S/C11H11IN2O3/c12-14-10(11(16)17)3-6-5-13-9-2-1-7(15)4-8(6)9/h1-2,4-5,10,13-15H,3H2,(H,16,17). The summed E-state index contributed by atoms with van der Waals surface area (Å²) in [5.41, 5.74) is 1.75. The van der Waals surface area contributed by atoms with Gasteiger partial charge >= 0.3 is 5.97 Å². The van der Waals surface area contributed by atoms with Gasteiger partial charge in [0.05, 0.1) is 0 Å². The van der Waals surface area contributed by atoms with Crippen LogP contribution < -0.4 is 3.53 Å². The highest BCUT2D eigenvalue weighted by Crippen LogP contribution is 2.23. The molecular weight excluding hydrogens is 335 g/mol. The molecule has 1 unspecified atom stereocenters. The first-order valence-corrected chi connectivity index (χ1v) is 6.07. The fraction of sp³-hybridized carbons (Fsp3) is 0.182. The van der Waals surface area contributed by atoms with Crippen molar-refractivity contribution in [3.63, 3.8) is 0 Å². The SMILES string of the molecule is O=C(O)C(Cc1c[nH]c2ccc(O)cc12)NI. The number of H-pyrrole nitrogens is 1. The Balaban J connectivity index is 2.35. The summed E-state index contributed by atoms with van der Waals surface area (Å²) >= 11 is 1.83. The summed E-state index contributed by atoms with van der Waals surface area (Å²) < 4.78 is 2.71. The molecule has 4 N–H and O–H groups in total. The van der Waals surface area contributed by atoms with E-state index in [4.69, 9.17) is 5.11 Å². The first-order chi connectivity index (χ1) is 8.11. The Bertz CT molecular complexity index is 553. The maximum Gasteiger partial charge on any atom is 0.321 e. The summed E-state index contributed by atoms with van der Waals surface area (Å²) in [6, 6.07) is 4.35. The van der Waals surface area contributed by atoms with Crippen LogP contribution in [0.25, 0.3) is 10.9 Å². The zero-order valence-corrected chi connectivity index (χ0v) is 10.9. The largest absolute Gasteiger partial charge is 0.508 e. The number of carboxylic acids is 1. The third-order valence-electron chi connectivity index (χ3n) is 2.60. The van der Waals surface area contributed by atoms with E-state index in [-0.39, 0.29) is 5.75 Å². The molecule has 90 valence electrons. The Labute approximate surface area is 111 Å². The number of benzene rings is 1. The molecule has 1 heterocycles. The van der Waals surface area contributed by atoms with Crippen LogP contribution in [0.2, 0.25) is 0 Å². The molecule has 0 spiro atoms. The third-order valence-corrected chi connectivity index (χ3v) is 3.36. The van der Waals surface area contributed by atoms with Gasteiger partial charge in [-0.1, -0.05) is 0 Å². The molecule has 0 aliphatic carbocycles. The summed E-state index contributed by atoms with van der Waals surface area (Å²) in [7, 11) is 0. The molecule has 0 aliphatic heterocycles. The average molecular weight is 346 g/mol. The zero-order chi connectivity index (χ0) is 12.4. The summed E-state index contributed by atoms with van der Waals surface area (Å²) in [6.45, 7) is 0. The van der Waals surface area contributed by atoms with E-state index in [1.165, 1.54) is 0 Å². The number of phenols is 1. The van der Waals surface area contributed by atoms with Gasteiger partial charge in [-0.25, -0.2) is 3.53 Å². The molecule has 0 saturated heterocycles. The van der Waals surface area contributed by atoms with E-state index in [1.54, 1.807) is 24.4 Å². The lowest BCUT2D eigenvalue weighted by atomic mass is 10.1. The van der Waals surface area contributed by atoms with Crippen LogP contribution in [0.1, 0.15) is 5.56 Å². The Hall–Kier alpha value is -1.28. The van der Waals surface area contributed by atoms with E-state index in [0.717, 1.165) is 16.5 Å². The van der Waals surface area contributed by atoms with Gasteiger partial charge < -0.3 is 15.2 Å². The van der Waals surface area contributed by atoms with Crippen LogP contribution in [0.3, 0.4) is 0 Å². The fourth-order valence-corrected chi connectivity index (χ4v) is 2.21. The molecule has 1 aromatic heterocycles. The summed E-state index contributed by atoms with van der Waals surface area (Å²) in [4.78, 5) is 14.0. The van der Waals surface area contributed by atoms with Crippen LogP contribution in [-0.4, -0.2) is 27.2 Å². The van der Waals surface area contributed by atoms with Crippen molar-refractivity contribution in [2.75, 3.05) is 0 Å². The van der Waals surface area contributed by atoms with Gasteiger partial charge in [0.25, 0.3) is 0 Å². The summed E-state index contributed by atoms with van der Waals surface area (Å²) in [5, 5.41) is 19.2. The molecule has 6 heteroatoms. The van der Waals surface area contributed by atoms with Gasteiger partial charge in [-0.3, -0.25) is 4.79 Å². The van der Waals surface area contributed by atoms with Gasteiger partial charge in [-0.15, -0.1) is 0 Å². The first-order valence-electron chi connectivity index (χ1n) is 4.99. The highest BCUT2D eigenvalue weighted by Gasteiger charge is 2.18. The molecule has 0 amide bonds. The minimum Gasteiger partial charge on any atom is -0.508 e. The second-order valence-electron chi connectivity index (χ2n) is 3.75. The smallest absolute Gasteiger partial charge is 0.321 e. The highest BCUT2D eigenvalue weighted by atomic mass is 127. The van der Waals surface area contributed by atoms with Gasteiger partial charge in [0.15, 0.2) is 0 Å². The number of carboxylic acid groups (broad SMARTS) is 1. The molecule has 2 aromatic rings. The second-order valence-corrected chi connectivity index (χ2v) is 4.37. The molecule has 0 radical (unpaired) electrons. The van der Waals surface area contributed by atoms with Gasteiger partial charge in [0, 0.05) is 46.4 Å². The Morgan fingerprint density at radius 2 is 2.29 bits per heavy atom. The molecule has 0 aliphatic rings. The van der Waals surface area contributed by atoms with E-state index in [9.17, 15) is 9.90 Å². The van der Waals surface area contributed by atoms with Crippen molar-refractivity contribution in [1.82, 2.24) is 8.51 Å². The average Bonchev–Trinajstić information content (AvgIpc) is 2.68. The molecule has 1 atom stereocenters. The van der Waals surface area contributed by atoms with Crippen LogP contribution >= 0.6 is 22.9 Å². The van der Waals surface area contributed by atoms with Crippen LogP contribution in [0.15, 0.2) is 24.4 Å². The number of aromatic hydroxyl groups is 1. The number of aliphatic carboxylic acids is 1. The normalized spacial score (nSPS) is 12.8. The number of aromatic amines is 1. The van der Waals surface area contributed by atoms with Crippen molar-refractivity contribution in [2.45, 2.75) is 12.5 Å². The van der Waals surface area contributed by atoms with E-state index >= 15 is 0 Å². The third kappa shape index (κ3) is 2.52. The Morgan fingerprint density at radius 3 is 2.94 bits per heavy atom. The molecular formula is C11H11IN2O3. The van der Waals surface area contributed by atoms with Crippen LogP contribution in [0.5, 0.6) is 5.75 Å². The van der Waals surface area contributed by atoms with Gasteiger partial charge in [-0.05, 0) is 23.8 Å². The van der Waals surface area contributed by atoms with Crippen molar-refractivity contribution >= 4 is 39.7 Å². The van der Waals surface area contributed by atoms with Crippen LogP contribution in [-0.2, 0) is 11.2 Å². The van der Waals surface area contributed by atoms with Crippen molar-refractivity contribution in [2.24, 2.45) is 0 Å². The van der Waals surface area contributed by atoms with Gasteiger partial charge in [-0.2, -0.15) is 0 Å². The number of phenolic OH excluding ortho intramolecular Hbond substituents is 1. The maximum atomic E-state index is 10.9. The number of hydrogen-bond acceptors (Lipinski definition) is 3. The lowest BCUT2D eigenvalue weighted by Crippen LogP contribution is -2.32. The Kier molecular flexibility index (Phi) is 3.53. The van der Waals surface area contributed by atoms with E-state index < -0.39 is 12.0 Å². The molecule has 2 rings (SSSR count). The van der Waals surface area contributed by atoms with Crippen molar-refractivity contribution in [3.8, 4) is 5.75 Å². The molecule has 0 fully saturated rings. The van der Waals surface area contributed by atoms with Gasteiger partial charge in [0.1, 0.15) is 11.8 Å². The lowest BCUT2D eigenvalue weighted by molar-refractivity contribution is -0.138. The number of fused-ring (bicyclic) bond motifs is 1. The maximum absolute atomic E-state index is 10.9. The lowest BCUT2D eigenvalue weighted by Gasteiger charge is -2.08. The Morgan fingerprint density at radius 1 is 1.53 bits per heavy atom. The molecule has 1 aromatic carbocycles. The van der Waals surface area contributed by atoms with Gasteiger partial charge in [0.2, 0.25) is 0 Å². The molecule has 5 nitrogen and oxygen atoms in total. The van der Waals surface area contributed by atoms with Crippen molar-refractivity contribution < 1.29 is 15.0 Å². The van der Waals surface area contributed by atoms with Crippen molar-refractivity contribution in [1.29, 1.82) is 0 Å². The van der Waals surface area contributed by atoms with Crippen LogP contribution in [0, 0.1) is 0 Å². The monoisotopic (exact) mass is 346 g/mol. The molecule has 0 saturated carbocycles. The topological polar surface area (TPSA) is 85.3 Å². The minimum atomic E-state index is -0.895. The minimum absolute atomic E-state index is 0.174. The number of halogens is 1. The number of hydrogen-bond donors (Lipinski definition) is 4. The first kappa shape index (κ1) is 12.2. The van der Waals surface area contributed by atoms with Crippen molar-refractivity contribution in [3.05, 3.63) is 30.0 Å². The predicted octanol–water partition coefficient (Wildman–Crippen LogP) is 1.81. The summed E-state index contributed by atoms with van der Waals surface area (Å²) in [5.74, 6) is -0.721. The van der Waals surface area contributed by atoms with E-state index in [2.05, 4.69) is 8.51 Å². The second kappa shape index (κ2) is 4.92.